The zero-order valence-corrected chi connectivity index (χ0v) is 9.18. The summed E-state index contributed by atoms with van der Waals surface area (Å²) >= 11 is 0. The molecule has 0 aliphatic carbocycles. The summed E-state index contributed by atoms with van der Waals surface area (Å²) in [6.45, 7) is 2.13. The van der Waals surface area contributed by atoms with Gasteiger partial charge in [0.15, 0.2) is 0 Å². The lowest BCUT2D eigenvalue weighted by atomic mass is 10.4. The van der Waals surface area contributed by atoms with Crippen LogP contribution in [-0.2, 0) is 10.8 Å². The highest BCUT2D eigenvalue weighted by molar-refractivity contribution is 7.84. The van der Waals surface area contributed by atoms with E-state index in [2.05, 4.69) is 15.5 Å². The van der Waals surface area contributed by atoms with Gasteiger partial charge in [0.05, 0.1) is 0 Å². The van der Waals surface area contributed by atoms with Gasteiger partial charge in [0.1, 0.15) is 0 Å². The minimum absolute atomic E-state index is 0.0203. The Morgan fingerprint density at radius 2 is 2.20 bits per heavy atom. The van der Waals surface area contributed by atoms with E-state index in [1.165, 1.54) is 0 Å². The van der Waals surface area contributed by atoms with Crippen LogP contribution in [0.3, 0.4) is 0 Å². The molecule has 7 nitrogen and oxygen atoms in total. The van der Waals surface area contributed by atoms with Gasteiger partial charge in [0.25, 0.3) is 5.56 Å². The number of nitrogens with one attached hydrogen (secondary N) is 3. The largest absolute Gasteiger partial charge is 0.363 e. The Labute approximate surface area is 87.8 Å². The second-order valence-corrected chi connectivity index (χ2v) is 4.85. The lowest BCUT2D eigenvalue weighted by molar-refractivity contribution is 0.678. The van der Waals surface area contributed by atoms with Gasteiger partial charge in [-0.1, -0.05) is 0 Å². The summed E-state index contributed by atoms with van der Waals surface area (Å²) in [5.74, 6) is 0.0203. The molecule has 1 rings (SSSR count). The van der Waals surface area contributed by atoms with Crippen LogP contribution >= 0.6 is 0 Å². The predicted molar refractivity (Wildman–Crippen MR) is 57.5 cm³/mol. The number of anilines is 1. The summed E-state index contributed by atoms with van der Waals surface area (Å²) in [6, 6.07) is 0. The number of hydrogen-bond acceptors (Lipinski definition) is 5. The minimum Gasteiger partial charge on any atom is -0.363 e. The van der Waals surface area contributed by atoms with E-state index in [1.807, 2.05) is 4.98 Å². The SMILES string of the molecule is CC(CNc1n[nH]c(=O)[nH]c1=O)S(C)=O. The summed E-state index contributed by atoms with van der Waals surface area (Å²) in [5, 5.41) is 8.22. The molecule has 2 unspecified atom stereocenters. The molecule has 8 heteroatoms. The molecule has 15 heavy (non-hydrogen) atoms. The first-order valence-corrected chi connectivity index (χ1v) is 5.88. The van der Waals surface area contributed by atoms with Gasteiger partial charge >= 0.3 is 5.69 Å². The summed E-state index contributed by atoms with van der Waals surface area (Å²) in [7, 11) is -0.969. The molecule has 0 amide bonds. The van der Waals surface area contributed by atoms with Crippen molar-refractivity contribution in [1.29, 1.82) is 0 Å². The quantitative estimate of drug-likeness (QED) is 0.594. The average molecular weight is 232 g/mol. The smallest absolute Gasteiger partial charge is 0.342 e. The molecule has 2 atom stereocenters. The van der Waals surface area contributed by atoms with Gasteiger partial charge in [0.2, 0.25) is 5.82 Å². The third kappa shape index (κ3) is 3.31. The minimum atomic E-state index is -0.969. The molecule has 0 aliphatic heterocycles. The lowest BCUT2D eigenvalue weighted by Gasteiger charge is -2.08. The first-order valence-electron chi connectivity index (χ1n) is 4.26. The van der Waals surface area contributed by atoms with Crippen LogP contribution in [0.5, 0.6) is 0 Å². The molecule has 3 N–H and O–H groups in total. The molecule has 0 saturated carbocycles. The number of aromatic amines is 2. The molecule has 0 bridgehead atoms. The maximum absolute atomic E-state index is 11.1. The van der Waals surface area contributed by atoms with Crippen molar-refractivity contribution in [2.24, 2.45) is 0 Å². The van der Waals surface area contributed by atoms with E-state index < -0.39 is 22.0 Å². The van der Waals surface area contributed by atoms with Crippen molar-refractivity contribution in [2.45, 2.75) is 12.2 Å². The standard InChI is InChI=1S/C7H12N4O3S/c1-4(15(2)14)3-8-5-6(12)9-7(13)11-10-5/h4H,3H2,1-2H3,(H,8,10)(H2,9,11,12,13). The fourth-order valence-corrected chi connectivity index (χ4v) is 1.14. The Bertz CT molecular complexity index is 466. The van der Waals surface area contributed by atoms with Crippen LogP contribution in [0.25, 0.3) is 0 Å². The van der Waals surface area contributed by atoms with Crippen LogP contribution in [0, 0.1) is 0 Å². The highest BCUT2D eigenvalue weighted by Crippen LogP contribution is 1.94. The second-order valence-electron chi connectivity index (χ2n) is 3.05. The van der Waals surface area contributed by atoms with Gasteiger partial charge < -0.3 is 5.32 Å². The fraction of sp³-hybridized carbons (Fsp3) is 0.571. The van der Waals surface area contributed by atoms with Crippen molar-refractivity contribution in [3.8, 4) is 0 Å². The summed E-state index contributed by atoms with van der Waals surface area (Å²) < 4.78 is 11.0. The summed E-state index contributed by atoms with van der Waals surface area (Å²) in [4.78, 5) is 23.8. The van der Waals surface area contributed by atoms with E-state index in [0.717, 1.165) is 0 Å². The third-order valence-corrected chi connectivity index (χ3v) is 3.13. The van der Waals surface area contributed by atoms with E-state index >= 15 is 0 Å². The molecule has 0 fully saturated rings. The Morgan fingerprint density at radius 3 is 2.73 bits per heavy atom. The molecule has 1 aromatic rings. The molecular formula is C7H12N4O3S. The van der Waals surface area contributed by atoms with Gasteiger partial charge in [-0.3, -0.25) is 14.0 Å². The molecule has 0 aromatic carbocycles. The summed E-state index contributed by atoms with van der Waals surface area (Å²) in [6.07, 6.45) is 1.58. The monoisotopic (exact) mass is 232 g/mol. The molecule has 1 aromatic heterocycles. The van der Waals surface area contributed by atoms with E-state index in [-0.39, 0.29) is 11.1 Å². The van der Waals surface area contributed by atoms with E-state index in [4.69, 9.17) is 0 Å². The molecule has 84 valence electrons. The van der Waals surface area contributed by atoms with Crippen molar-refractivity contribution in [1.82, 2.24) is 15.2 Å². The molecule has 0 spiro atoms. The Morgan fingerprint density at radius 1 is 1.53 bits per heavy atom. The van der Waals surface area contributed by atoms with Gasteiger partial charge in [-0.2, -0.15) is 0 Å². The highest BCUT2D eigenvalue weighted by atomic mass is 32.2. The van der Waals surface area contributed by atoms with E-state index in [9.17, 15) is 13.8 Å². The second kappa shape index (κ2) is 4.87. The van der Waals surface area contributed by atoms with Crippen molar-refractivity contribution in [3.63, 3.8) is 0 Å². The fourth-order valence-electron chi connectivity index (χ4n) is 0.825. The average Bonchev–Trinajstić information content (AvgIpc) is 2.15. The molecule has 0 saturated heterocycles. The zero-order valence-electron chi connectivity index (χ0n) is 8.36. The van der Waals surface area contributed by atoms with Crippen molar-refractivity contribution < 1.29 is 4.21 Å². The van der Waals surface area contributed by atoms with E-state index in [1.54, 1.807) is 13.2 Å². The van der Waals surface area contributed by atoms with Crippen LogP contribution in [0.4, 0.5) is 5.82 Å². The number of hydrogen-bond donors (Lipinski definition) is 3. The first kappa shape index (κ1) is 11.6. The highest BCUT2D eigenvalue weighted by Gasteiger charge is 2.07. The Kier molecular flexibility index (Phi) is 3.78. The van der Waals surface area contributed by atoms with Crippen LogP contribution in [0.15, 0.2) is 9.59 Å². The molecule has 1 heterocycles. The maximum Gasteiger partial charge on any atom is 0.342 e. The molecule has 0 aliphatic rings. The van der Waals surface area contributed by atoms with Gasteiger partial charge in [0, 0.05) is 28.9 Å². The van der Waals surface area contributed by atoms with Gasteiger partial charge in [-0.05, 0) is 6.92 Å². The Balaban J connectivity index is 2.70. The van der Waals surface area contributed by atoms with Crippen LogP contribution in [0.1, 0.15) is 6.92 Å². The number of H-pyrrole nitrogens is 2. The Hall–Kier alpha value is -1.44. The van der Waals surface area contributed by atoms with Crippen LogP contribution < -0.4 is 16.6 Å². The first-order chi connectivity index (χ1) is 7.00. The third-order valence-electron chi connectivity index (χ3n) is 1.83. The maximum atomic E-state index is 11.1. The number of nitrogens with zero attached hydrogens (tertiary/aromatic N) is 1. The van der Waals surface area contributed by atoms with Crippen LogP contribution in [0.2, 0.25) is 0 Å². The lowest BCUT2D eigenvalue weighted by Crippen LogP contribution is -2.30. The van der Waals surface area contributed by atoms with Gasteiger partial charge in [-0.25, -0.2) is 9.89 Å². The predicted octanol–water partition coefficient (Wildman–Crippen LogP) is -1.36. The number of aromatic nitrogens is 3. The van der Waals surface area contributed by atoms with Gasteiger partial charge in [-0.15, -0.1) is 5.10 Å². The molecular weight excluding hydrogens is 220 g/mol. The van der Waals surface area contributed by atoms with Crippen molar-refractivity contribution in [3.05, 3.63) is 20.8 Å². The summed E-state index contributed by atoms with van der Waals surface area (Å²) in [5.41, 5.74) is -1.24. The van der Waals surface area contributed by atoms with Crippen molar-refractivity contribution >= 4 is 16.6 Å². The van der Waals surface area contributed by atoms with Crippen molar-refractivity contribution in [2.75, 3.05) is 18.1 Å². The zero-order chi connectivity index (χ0) is 11.4. The topological polar surface area (TPSA) is 108 Å². The molecule has 0 radical (unpaired) electrons. The number of rotatable bonds is 4. The van der Waals surface area contributed by atoms with Crippen LogP contribution in [-0.4, -0.2) is 37.4 Å². The van der Waals surface area contributed by atoms with E-state index in [0.29, 0.717) is 6.54 Å². The normalized spacial score (nSPS) is 14.5.